The van der Waals surface area contributed by atoms with Gasteiger partial charge in [-0.1, -0.05) is 19.9 Å². The molecule has 1 saturated heterocycles. The Morgan fingerprint density at radius 2 is 2.25 bits per heavy atom. The van der Waals surface area contributed by atoms with Gasteiger partial charge in [0.1, 0.15) is 0 Å². The molecule has 1 aromatic carbocycles. The molecule has 1 fully saturated rings. The molecule has 1 aliphatic rings. The van der Waals surface area contributed by atoms with Gasteiger partial charge in [0.15, 0.2) is 0 Å². The Kier molecular flexibility index (Phi) is 3.46. The molecular formula is C15H19N3OS. The number of nitrogens with one attached hydrogen (secondary N) is 1. The number of rotatable bonds is 1. The third-order valence-corrected chi connectivity index (χ3v) is 5.19. The van der Waals surface area contributed by atoms with Crippen molar-refractivity contribution in [3.05, 3.63) is 30.0 Å². The summed E-state index contributed by atoms with van der Waals surface area (Å²) in [7, 11) is 0. The van der Waals surface area contributed by atoms with Crippen LogP contribution in [0.2, 0.25) is 0 Å². The zero-order valence-corrected chi connectivity index (χ0v) is 12.7. The maximum Gasteiger partial charge on any atom is 0.253 e. The van der Waals surface area contributed by atoms with Crippen molar-refractivity contribution < 1.29 is 4.79 Å². The molecule has 3 rings (SSSR count). The van der Waals surface area contributed by atoms with Gasteiger partial charge < -0.3 is 4.90 Å². The summed E-state index contributed by atoms with van der Waals surface area (Å²) in [6, 6.07) is 5.74. The average molecular weight is 289 g/mol. The number of nitrogens with zero attached hydrogens (tertiary/aromatic N) is 2. The van der Waals surface area contributed by atoms with Gasteiger partial charge in [0, 0.05) is 34.5 Å². The highest BCUT2D eigenvalue weighted by Gasteiger charge is 2.26. The Morgan fingerprint density at radius 3 is 3.10 bits per heavy atom. The number of amides is 1. The van der Waals surface area contributed by atoms with Crippen LogP contribution in [0.4, 0.5) is 0 Å². The Balaban J connectivity index is 1.80. The summed E-state index contributed by atoms with van der Waals surface area (Å²) in [6.45, 7) is 6.17. The van der Waals surface area contributed by atoms with Gasteiger partial charge in [-0.3, -0.25) is 9.89 Å². The topological polar surface area (TPSA) is 49.0 Å². The molecule has 1 aliphatic heterocycles. The van der Waals surface area contributed by atoms with Gasteiger partial charge in [0.2, 0.25) is 0 Å². The van der Waals surface area contributed by atoms with Crippen molar-refractivity contribution in [3.8, 4) is 0 Å². The van der Waals surface area contributed by atoms with Crippen molar-refractivity contribution in [2.24, 2.45) is 0 Å². The fourth-order valence-corrected chi connectivity index (χ4v) is 3.58. The lowest BCUT2D eigenvalue weighted by atomic mass is 10.1. The van der Waals surface area contributed by atoms with E-state index in [1.807, 2.05) is 34.9 Å². The van der Waals surface area contributed by atoms with Gasteiger partial charge in [-0.05, 0) is 18.6 Å². The molecule has 20 heavy (non-hydrogen) atoms. The summed E-state index contributed by atoms with van der Waals surface area (Å²) >= 11 is 1.95. The van der Waals surface area contributed by atoms with E-state index < -0.39 is 0 Å². The summed E-state index contributed by atoms with van der Waals surface area (Å²) < 4.78 is 0.266. The number of fused-ring (bicyclic) bond motifs is 1. The van der Waals surface area contributed by atoms with Crippen LogP contribution in [0.15, 0.2) is 24.4 Å². The minimum atomic E-state index is 0.125. The number of hydrogen-bond donors (Lipinski definition) is 1. The Bertz CT molecular complexity index is 635. The lowest BCUT2D eigenvalue weighted by Crippen LogP contribution is -2.33. The van der Waals surface area contributed by atoms with Crippen LogP contribution in [0.3, 0.4) is 0 Å². The highest BCUT2D eigenvalue weighted by atomic mass is 32.2. The standard InChI is InChI=1S/C15H19N3OS/c1-15(2)5-6-18(7-8-20-15)14(19)11-3-4-12-10-16-17-13(12)9-11/h3-4,9-10H,5-8H2,1-2H3,(H,16,17). The van der Waals surface area contributed by atoms with E-state index in [-0.39, 0.29) is 10.7 Å². The van der Waals surface area contributed by atoms with Crippen LogP contribution in [0.5, 0.6) is 0 Å². The van der Waals surface area contributed by atoms with E-state index in [4.69, 9.17) is 0 Å². The van der Waals surface area contributed by atoms with Crippen molar-refractivity contribution >= 4 is 28.6 Å². The zero-order chi connectivity index (χ0) is 14.2. The molecule has 0 radical (unpaired) electrons. The molecule has 1 amide bonds. The lowest BCUT2D eigenvalue weighted by Gasteiger charge is -2.22. The summed E-state index contributed by atoms with van der Waals surface area (Å²) in [5.74, 6) is 1.13. The summed E-state index contributed by atoms with van der Waals surface area (Å²) in [5, 5.41) is 7.95. The number of hydrogen-bond acceptors (Lipinski definition) is 3. The zero-order valence-electron chi connectivity index (χ0n) is 11.8. The molecule has 2 heterocycles. The first-order valence-corrected chi connectivity index (χ1v) is 7.90. The van der Waals surface area contributed by atoms with Crippen LogP contribution in [-0.2, 0) is 0 Å². The number of aromatic nitrogens is 2. The SMILES string of the molecule is CC1(C)CCN(C(=O)c2ccc3cn[nH]c3c2)CCS1. The molecule has 0 atom stereocenters. The fraction of sp³-hybridized carbons (Fsp3) is 0.467. The first-order valence-electron chi connectivity index (χ1n) is 6.92. The number of carbonyl (C=O) groups is 1. The Labute approximate surface area is 122 Å². The third-order valence-electron chi connectivity index (χ3n) is 3.81. The van der Waals surface area contributed by atoms with Crippen LogP contribution in [0.1, 0.15) is 30.6 Å². The van der Waals surface area contributed by atoms with E-state index >= 15 is 0 Å². The van der Waals surface area contributed by atoms with Crippen LogP contribution >= 0.6 is 11.8 Å². The molecule has 1 N–H and O–H groups in total. The summed E-state index contributed by atoms with van der Waals surface area (Å²) in [4.78, 5) is 14.6. The lowest BCUT2D eigenvalue weighted by molar-refractivity contribution is 0.0764. The van der Waals surface area contributed by atoms with Crippen molar-refractivity contribution in [2.45, 2.75) is 25.0 Å². The molecule has 0 saturated carbocycles. The van der Waals surface area contributed by atoms with Gasteiger partial charge >= 0.3 is 0 Å². The highest BCUT2D eigenvalue weighted by molar-refractivity contribution is 8.00. The average Bonchev–Trinajstić information content (AvgIpc) is 2.81. The maximum atomic E-state index is 12.6. The minimum absolute atomic E-state index is 0.125. The summed E-state index contributed by atoms with van der Waals surface area (Å²) in [6.07, 6.45) is 2.81. The van der Waals surface area contributed by atoms with Crippen molar-refractivity contribution in [1.29, 1.82) is 0 Å². The quantitative estimate of drug-likeness (QED) is 0.878. The second kappa shape index (κ2) is 5.13. The number of carbonyl (C=O) groups excluding carboxylic acids is 1. The van der Waals surface area contributed by atoms with Crippen molar-refractivity contribution in [3.63, 3.8) is 0 Å². The predicted octanol–water partition coefficient (Wildman–Crippen LogP) is 2.92. The predicted molar refractivity (Wildman–Crippen MR) is 83.2 cm³/mol. The number of H-pyrrole nitrogens is 1. The van der Waals surface area contributed by atoms with Crippen LogP contribution in [0, 0.1) is 0 Å². The van der Waals surface area contributed by atoms with Gasteiger partial charge in [0.25, 0.3) is 5.91 Å². The van der Waals surface area contributed by atoms with E-state index in [9.17, 15) is 4.79 Å². The molecular weight excluding hydrogens is 270 g/mol. The van der Waals surface area contributed by atoms with E-state index in [2.05, 4.69) is 24.0 Å². The van der Waals surface area contributed by atoms with E-state index in [0.29, 0.717) is 0 Å². The largest absolute Gasteiger partial charge is 0.338 e. The Hall–Kier alpha value is -1.49. The molecule has 1 aromatic heterocycles. The first kappa shape index (κ1) is 13.5. The smallest absolute Gasteiger partial charge is 0.253 e. The van der Waals surface area contributed by atoms with Gasteiger partial charge in [-0.15, -0.1) is 0 Å². The second-order valence-corrected chi connectivity index (χ2v) is 7.62. The monoisotopic (exact) mass is 289 g/mol. The molecule has 106 valence electrons. The molecule has 0 bridgehead atoms. The molecule has 5 heteroatoms. The maximum absolute atomic E-state index is 12.6. The number of thioether (sulfide) groups is 1. The molecule has 0 aliphatic carbocycles. The second-order valence-electron chi connectivity index (χ2n) is 5.82. The van der Waals surface area contributed by atoms with Crippen molar-refractivity contribution in [2.75, 3.05) is 18.8 Å². The normalized spacial score (nSPS) is 19.0. The Morgan fingerprint density at radius 1 is 1.40 bits per heavy atom. The molecule has 2 aromatic rings. The first-order chi connectivity index (χ1) is 9.55. The third kappa shape index (κ3) is 2.68. The minimum Gasteiger partial charge on any atom is -0.338 e. The van der Waals surface area contributed by atoms with Crippen LogP contribution < -0.4 is 0 Å². The number of benzene rings is 1. The molecule has 4 nitrogen and oxygen atoms in total. The van der Waals surface area contributed by atoms with E-state index in [0.717, 1.165) is 41.7 Å². The highest BCUT2D eigenvalue weighted by Crippen LogP contribution is 2.31. The van der Waals surface area contributed by atoms with Gasteiger partial charge in [-0.2, -0.15) is 16.9 Å². The van der Waals surface area contributed by atoms with Gasteiger partial charge in [0.05, 0.1) is 11.7 Å². The van der Waals surface area contributed by atoms with Crippen molar-refractivity contribution in [1.82, 2.24) is 15.1 Å². The van der Waals surface area contributed by atoms with E-state index in [1.54, 1.807) is 6.20 Å². The summed E-state index contributed by atoms with van der Waals surface area (Å²) in [5.41, 5.74) is 1.66. The van der Waals surface area contributed by atoms with Crippen LogP contribution in [-0.4, -0.2) is 44.6 Å². The molecule has 0 unspecified atom stereocenters. The van der Waals surface area contributed by atoms with Gasteiger partial charge in [-0.25, -0.2) is 0 Å². The number of aromatic amines is 1. The van der Waals surface area contributed by atoms with E-state index in [1.165, 1.54) is 0 Å². The molecule has 0 spiro atoms. The van der Waals surface area contributed by atoms with Crippen LogP contribution in [0.25, 0.3) is 10.9 Å². The fourth-order valence-electron chi connectivity index (χ4n) is 2.48.